The van der Waals surface area contributed by atoms with Gasteiger partial charge in [0.25, 0.3) is 5.56 Å². The Labute approximate surface area is 161 Å². The van der Waals surface area contributed by atoms with E-state index in [-0.39, 0.29) is 11.5 Å². The van der Waals surface area contributed by atoms with E-state index in [1.807, 2.05) is 18.2 Å². The number of rotatable bonds is 3. The number of aromatic nitrogens is 2. The van der Waals surface area contributed by atoms with Crippen molar-refractivity contribution in [1.29, 1.82) is 0 Å². The van der Waals surface area contributed by atoms with Gasteiger partial charge in [0, 0.05) is 38.1 Å². The van der Waals surface area contributed by atoms with Crippen LogP contribution in [0.15, 0.2) is 4.79 Å². The summed E-state index contributed by atoms with van der Waals surface area (Å²) >= 11 is 3.25. The number of aryl methyl sites for hydroxylation is 2. The lowest BCUT2D eigenvalue weighted by Crippen LogP contribution is -2.50. The molecule has 2 aromatic heterocycles. The van der Waals surface area contributed by atoms with Gasteiger partial charge in [-0.25, -0.2) is 4.98 Å². The quantitative estimate of drug-likeness (QED) is 0.798. The molecule has 0 atom stereocenters. The largest absolute Gasteiger partial charge is 0.339 e. The van der Waals surface area contributed by atoms with E-state index in [2.05, 4.69) is 4.90 Å². The molecule has 8 heteroatoms. The standard InChI is InChI=1S/C18H24N4O2S2/c1-20-17(24)15-12-5-3-4-6-13(12)26-16(15)19-18(20)22-9-7-21(8-10-22)14(23)11-25-2/h3-11H2,1-2H3. The maximum Gasteiger partial charge on any atom is 0.263 e. The average molecular weight is 393 g/mol. The van der Waals surface area contributed by atoms with E-state index in [1.165, 1.54) is 16.9 Å². The Hall–Kier alpha value is -1.54. The summed E-state index contributed by atoms with van der Waals surface area (Å²) in [6, 6.07) is 0. The Bertz CT molecular complexity index is 897. The molecule has 0 saturated carbocycles. The minimum Gasteiger partial charge on any atom is -0.339 e. The fourth-order valence-electron chi connectivity index (χ4n) is 3.93. The molecular weight excluding hydrogens is 368 g/mol. The van der Waals surface area contributed by atoms with E-state index in [1.54, 1.807) is 27.7 Å². The first-order chi connectivity index (χ1) is 12.6. The molecule has 1 fully saturated rings. The van der Waals surface area contributed by atoms with Crippen molar-refractivity contribution in [3.8, 4) is 0 Å². The zero-order chi connectivity index (χ0) is 18.3. The predicted octanol–water partition coefficient (Wildman–Crippen LogP) is 1.89. The van der Waals surface area contributed by atoms with Crippen LogP contribution in [0.4, 0.5) is 5.95 Å². The molecule has 0 spiro atoms. The number of anilines is 1. The molecule has 26 heavy (non-hydrogen) atoms. The van der Waals surface area contributed by atoms with Gasteiger partial charge in [-0.3, -0.25) is 14.2 Å². The third-order valence-electron chi connectivity index (χ3n) is 5.36. The molecule has 1 aliphatic carbocycles. The number of amides is 1. The zero-order valence-electron chi connectivity index (χ0n) is 15.3. The molecule has 1 saturated heterocycles. The number of piperazine rings is 1. The normalized spacial score (nSPS) is 17.6. The highest BCUT2D eigenvalue weighted by atomic mass is 32.2. The number of fused-ring (bicyclic) bond motifs is 3. The lowest BCUT2D eigenvalue weighted by molar-refractivity contribution is -0.128. The molecule has 1 amide bonds. The Kier molecular flexibility index (Phi) is 4.96. The topological polar surface area (TPSA) is 58.4 Å². The van der Waals surface area contributed by atoms with Crippen LogP contribution in [0.25, 0.3) is 10.2 Å². The number of thiophene rings is 1. The lowest BCUT2D eigenvalue weighted by atomic mass is 9.97. The fourth-order valence-corrected chi connectivity index (χ4v) is 5.61. The van der Waals surface area contributed by atoms with Gasteiger partial charge in [0.15, 0.2) is 0 Å². The highest BCUT2D eigenvalue weighted by Gasteiger charge is 2.26. The van der Waals surface area contributed by atoms with Gasteiger partial charge >= 0.3 is 0 Å². The van der Waals surface area contributed by atoms with E-state index in [4.69, 9.17) is 4.98 Å². The number of thioether (sulfide) groups is 1. The molecule has 6 nitrogen and oxygen atoms in total. The van der Waals surface area contributed by atoms with Gasteiger partial charge in [0.2, 0.25) is 11.9 Å². The van der Waals surface area contributed by atoms with Crippen molar-refractivity contribution in [2.45, 2.75) is 25.7 Å². The minimum atomic E-state index is 0.0743. The van der Waals surface area contributed by atoms with Crippen LogP contribution in [0.2, 0.25) is 0 Å². The molecule has 0 bridgehead atoms. The van der Waals surface area contributed by atoms with E-state index >= 15 is 0 Å². The van der Waals surface area contributed by atoms with Crippen LogP contribution in [0, 0.1) is 0 Å². The molecule has 4 rings (SSSR count). The second-order valence-electron chi connectivity index (χ2n) is 6.97. The average Bonchev–Trinajstić information content (AvgIpc) is 3.03. The molecule has 1 aliphatic heterocycles. The van der Waals surface area contributed by atoms with Gasteiger partial charge in [-0.2, -0.15) is 11.8 Å². The van der Waals surface area contributed by atoms with E-state index in [9.17, 15) is 9.59 Å². The minimum absolute atomic E-state index is 0.0743. The Morgan fingerprint density at radius 3 is 2.65 bits per heavy atom. The van der Waals surface area contributed by atoms with E-state index in [0.29, 0.717) is 18.8 Å². The second kappa shape index (κ2) is 7.23. The molecule has 0 unspecified atom stereocenters. The van der Waals surface area contributed by atoms with Crippen molar-refractivity contribution >= 4 is 45.2 Å². The van der Waals surface area contributed by atoms with Gasteiger partial charge in [-0.05, 0) is 37.5 Å². The van der Waals surface area contributed by atoms with Gasteiger partial charge < -0.3 is 9.80 Å². The van der Waals surface area contributed by atoms with Gasteiger partial charge in [-0.15, -0.1) is 11.3 Å². The van der Waals surface area contributed by atoms with Crippen LogP contribution >= 0.6 is 23.1 Å². The third-order valence-corrected chi connectivity index (χ3v) is 7.08. The summed E-state index contributed by atoms with van der Waals surface area (Å²) in [6.45, 7) is 2.82. The molecule has 3 heterocycles. The predicted molar refractivity (Wildman–Crippen MR) is 109 cm³/mol. The maximum absolute atomic E-state index is 13.0. The molecular formula is C18H24N4O2S2. The maximum atomic E-state index is 13.0. The number of hydrogen-bond donors (Lipinski definition) is 0. The summed E-state index contributed by atoms with van der Waals surface area (Å²) in [6.07, 6.45) is 6.39. The first-order valence-electron chi connectivity index (χ1n) is 9.13. The summed E-state index contributed by atoms with van der Waals surface area (Å²) in [5.41, 5.74) is 1.31. The second-order valence-corrected chi connectivity index (χ2v) is 8.92. The molecule has 2 aromatic rings. The van der Waals surface area contributed by atoms with Gasteiger partial charge in [0.05, 0.1) is 11.1 Å². The van der Waals surface area contributed by atoms with Crippen LogP contribution in [-0.4, -0.2) is 58.5 Å². The number of hydrogen-bond acceptors (Lipinski definition) is 6. The van der Waals surface area contributed by atoms with Crippen LogP contribution < -0.4 is 10.5 Å². The van der Waals surface area contributed by atoms with Crippen molar-refractivity contribution in [3.05, 3.63) is 20.8 Å². The van der Waals surface area contributed by atoms with E-state index < -0.39 is 0 Å². The zero-order valence-corrected chi connectivity index (χ0v) is 16.9. The van der Waals surface area contributed by atoms with Crippen molar-refractivity contribution in [2.24, 2.45) is 7.05 Å². The van der Waals surface area contributed by atoms with Crippen molar-refractivity contribution < 1.29 is 4.79 Å². The van der Waals surface area contributed by atoms with Crippen molar-refractivity contribution in [1.82, 2.24) is 14.5 Å². The third kappa shape index (κ3) is 3.03. The molecule has 0 aromatic carbocycles. The first kappa shape index (κ1) is 17.9. The van der Waals surface area contributed by atoms with Gasteiger partial charge in [0.1, 0.15) is 4.83 Å². The molecule has 140 valence electrons. The molecule has 2 aliphatic rings. The fraction of sp³-hybridized carbons (Fsp3) is 0.611. The summed E-state index contributed by atoms with van der Waals surface area (Å²) in [7, 11) is 1.82. The summed E-state index contributed by atoms with van der Waals surface area (Å²) < 4.78 is 1.70. The van der Waals surface area contributed by atoms with Gasteiger partial charge in [-0.1, -0.05) is 0 Å². The first-order valence-corrected chi connectivity index (χ1v) is 11.3. The van der Waals surface area contributed by atoms with Crippen LogP contribution in [-0.2, 0) is 24.7 Å². The Morgan fingerprint density at radius 1 is 1.19 bits per heavy atom. The summed E-state index contributed by atoms with van der Waals surface area (Å²) in [5, 5.41) is 0.838. The lowest BCUT2D eigenvalue weighted by Gasteiger charge is -2.35. The number of nitrogens with zero attached hydrogens (tertiary/aromatic N) is 4. The Balaban J connectivity index is 1.63. The summed E-state index contributed by atoms with van der Waals surface area (Å²) in [5.74, 6) is 1.46. The monoisotopic (exact) mass is 392 g/mol. The van der Waals surface area contributed by atoms with Crippen molar-refractivity contribution in [3.63, 3.8) is 0 Å². The van der Waals surface area contributed by atoms with Crippen molar-refractivity contribution in [2.75, 3.05) is 43.1 Å². The van der Waals surface area contributed by atoms with Crippen LogP contribution in [0.5, 0.6) is 0 Å². The molecule has 0 N–H and O–H groups in total. The highest BCUT2D eigenvalue weighted by molar-refractivity contribution is 7.99. The smallest absolute Gasteiger partial charge is 0.263 e. The number of carbonyl (C=O) groups excluding carboxylic acids is 1. The molecule has 0 radical (unpaired) electrons. The SMILES string of the molecule is CSCC(=O)N1CCN(c2nc3sc4c(c3c(=O)n2C)CCCC4)CC1. The highest BCUT2D eigenvalue weighted by Crippen LogP contribution is 2.34. The van der Waals surface area contributed by atoms with Crippen LogP contribution in [0.1, 0.15) is 23.3 Å². The van der Waals surface area contributed by atoms with E-state index in [0.717, 1.165) is 48.5 Å². The Morgan fingerprint density at radius 2 is 1.92 bits per heavy atom. The summed E-state index contributed by atoms with van der Waals surface area (Å²) in [4.78, 5) is 36.2. The number of carbonyl (C=O) groups is 1. The van der Waals surface area contributed by atoms with Crippen LogP contribution in [0.3, 0.4) is 0 Å².